The van der Waals surface area contributed by atoms with Gasteiger partial charge in [0.05, 0.1) is 6.20 Å². The Kier molecular flexibility index (Phi) is 2.04. The summed E-state index contributed by atoms with van der Waals surface area (Å²) < 4.78 is 12.5. The Hall–Kier alpha value is -0.960. The van der Waals surface area contributed by atoms with E-state index in [4.69, 9.17) is 0 Å². The van der Waals surface area contributed by atoms with Crippen LogP contribution >= 0.6 is 0 Å². The number of rotatable bonds is 1. The monoisotopic (exact) mass is 166 g/mol. The number of aromatic nitrogens is 1. The Morgan fingerprint density at radius 2 is 2.42 bits per heavy atom. The highest BCUT2D eigenvalue weighted by atomic mass is 19.1. The van der Waals surface area contributed by atoms with E-state index in [1.807, 2.05) is 0 Å². The van der Waals surface area contributed by atoms with Crippen LogP contribution in [0.5, 0.6) is 0 Å². The van der Waals surface area contributed by atoms with Crippen LogP contribution in [0.2, 0.25) is 0 Å². The van der Waals surface area contributed by atoms with Crippen molar-refractivity contribution >= 4 is 0 Å². The zero-order valence-electron chi connectivity index (χ0n) is 6.76. The molecular formula is C9H11FN2. The van der Waals surface area contributed by atoms with Crippen LogP contribution in [0.15, 0.2) is 18.3 Å². The van der Waals surface area contributed by atoms with Gasteiger partial charge >= 0.3 is 0 Å². The van der Waals surface area contributed by atoms with E-state index >= 15 is 0 Å². The van der Waals surface area contributed by atoms with Crippen molar-refractivity contribution in [2.75, 3.05) is 13.1 Å². The van der Waals surface area contributed by atoms with Gasteiger partial charge in [0.25, 0.3) is 0 Å². The summed E-state index contributed by atoms with van der Waals surface area (Å²) in [6, 6.07) is 3.24. The first kappa shape index (κ1) is 7.68. The maximum absolute atomic E-state index is 12.5. The quantitative estimate of drug-likeness (QED) is 0.680. The minimum absolute atomic E-state index is 0.260. The first-order chi connectivity index (χ1) is 5.86. The number of pyridine rings is 1. The predicted molar refractivity (Wildman–Crippen MR) is 44.4 cm³/mol. The van der Waals surface area contributed by atoms with E-state index in [2.05, 4.69) is 10.3 Å². The van der Waals surface area contributed by atoms with E-state index < -0.39 is 0 Å². The molecule has 0 amide bonds. The zero-order valence-corrected chi connectivity index (χ0v) is 6.76. The molecule has 0 aromatic carbocycles. The highest BCUT2D eigenvalue weighted by molar-refractivity contribution is 5.12. The van der Waals surface area contributed by atoms with Crippen molar-refractivity contribution in [3.05, 3.63) is 29.8 Å². The van der Waals surface area contributed by atoms with Crippen molar-refractivity contribution in [1.82, 2.24) is 10.3 Å². The van der Waals surface area contributed by atoms with Crippen LogP contribution in [0, 0.1) is 5.82 Å². The topological polar surface area (TPSA) is 24.9 Å². The highest BCUT2D eigenvalue weighted by Gasteiger charge is 2.17. The van der Waals surface area contributed by atoms with E-state index in [9.17, 15) is 4.39 Å². The van der Waals surface area contributed by atoms with Crippen LogP contribution in [-0.2, 0) is 0 Å². The van der Waals surface area contributed by atoms with Gasteiger partial charge in [0.1, 0.15) is 5.82 Å². The average Bonchev–Trinajstić information content (AvgIpc) is 2.58. The van der Waals surface area contributed by atoms with Crippen LogP contribution in [0.3, 0.4) is 0 Å². The normalized spacial score (nSPS) is 22.9. The Morgan fingerprint density at radius 1 is 1.50 bits per heavy atom. The zero-order chi connectivity index (χ0) is 8.39. The maximum atomic E-state index is 12.5. The van der Waals surface area contributed by atoms with Gasteiger partial charge in [-0.25, -0.2) is 4.39 Å². The molecule has 1 fully saturated rings. The largest absolute Gasteiger partial charge is 0.316 e. The molecule has 0 spiro atoms. The summed E-state index contributed by atoms with van der Waals surface area (Å²) in [4.78, 5) is 4.05. The maximum Gasteiger partial charge on any atom is 0.141 e. The number of hydrogen-bond acceptors (Lipinski definition) is 2. The summed E-state index contributed by atoms with van der Waals surface area (Å²) >= 11 is 0. The smallest absolute Gasteiger partial charge is 0.141 e. The van der Waals surface area contributed by atoms with Gasteiger partial charge in [-0.2, -0.15) is 0 Å². The number of halogens is 1. The Bertz CT molecular complexity index is 252. The predicted octanol–water partition coefficient (Wildman–Crippen LogP) is 1.30. The van der Waals surface area contributed by atoms with E-state index in [1.54, 1.807) is 6.07 Å². The second-order valence-electron chi connectivity index (χ2n) is 3.09. The second kappa shape index (κ2) is 3.19. The van der Waals surface area contributed by atoms with Crippen LogP contribution in [-0.4, -0.2) is 18.1 Å². The van der Waals surface area contributed by atoms with E-state index in [0.29, 0.717) is 5.92 Å². The molecule has 1 aromatic heterocycles. The van der Waals surface area contributed by atoms with Gasteiger partial charge in [-0.1, -0.05) is 0 Å². The summed E-state index contributed by atoms with van der Waals surface area (Å²) in [5.74, 6) is 0.218. The first-order valence-electron chi connectivity index (χ1n) is 4.18. The lowest BCUT2D eigenvalue weighted by Crippen LogP contribution is -2.08. The molecule has 1 aromatic rings. The summed E-state index contributed by atoms with van der Waals surface area (Å²) in [5, 5.41) is 3.25. The summed E-state index contributed by atoms with van der Waals surface area (Å²) in [5.41, 5.74) is 1.00. The van der Waals surface area contributed by atoms with Gasteiger partial charge < -0.3 is 5.32 Å². The Labute approximate surface area is 70.8 Å². The molecule has 1 atom stereocenters. The SMILES string of the molecule is Fc1ccc([C@@H]2CCNC2)nc1. The number of nitrogens with one attached hydrogen (secondary N) is 1. The van der Waals surface area contributed by atoms with E-state index in [-0.39, 0.29) is 5.82 Å². The molecule has 0 radical (unpaired) electrons. The van der Waals surface area contributed by atoms with Gasteiger partial charge in [0, 0.05) is 18.2 Å². The van der Waals surface area contributed by atoms with Crippen LogP contribution in [0.1, 0.15) is 18.0 Å². The lowest BCUT2D eigenvalue weighted by Gasteiger charge is -2.05. The number of hydrogen-bond donors (Lipinski definition) is 1. The van der Waals surface area contributed by atoms with Gasteiger partial charge in [-0.3, -0.25) is 4.98 Å². The third-order valence-corrected chi connectivity index (χ3v) is 2.23. The molecule has 2 heterocycles. The molecule has 64 valence electrons. The average molecular weight is 166 g/mol. The summed E-state index contributed by atoms with van der Waals surface area (Å²) in [7, 11) is 0. The van der Waals surface area contributed by atoms with Crippen LogP contribution in [0.4, 0.5) is 4.39 Å². The van der Waals surface area contributed by atoms with Gasteiger partial charge in [-0.15, -0.1) is 0 Å². The van der Waals surface area contributed by atoms with Crippen LogP contribution < -0.4 is 5.32 Å². The molecular weight excluding hydrogens is 155 g/mol. The van der Waals surface area contributed by atoms with Gasteiger partial charge in [0.2, 0.25) is 0 Å². The Balaban J connectivity index is 2.17. The van der Waals surface area contributed by atoms with Crippen LogP contribution in [0.25, 0.3) is 0 Å². The first-order valence-corrected chi connectivity index (χ1v) is 4.18. The molecule has 2 nitrogen and oxygen atoms in total. The summed E-state index contributed by atoms with van der Waals surface area (Å²) in [6.45, 7) is 2.02. The lowest BCUT2D eigenvalue weighted by molar-refractivity contribution is 0.614. The fraction of sp³-hybridized carbons (Fsp3) is 0.444. The van der Waals surface area contributed by atoms with Crippen molar-refractivity contribution in [2.45, 2.75) is 12.3 Å². The van der Waals surface area contributed by atoms with Crippen molar-refractivity contribution in [1.29, 1.82) is 0 Å². The third-order valence-electron chi connectivity index (χ3n) is 2.23. The fourth-order valence-corrected chi connectivity index (χ4v) is 1.54. The minimum atomic E-state index is -0.260. The standard InChI is InChI=1S/C9H11FN2/c10-8-1-2-9(12-6-8)7-3-4-11-5-7/h1-2,6-7,11H,3-5H2/t7-/m1/s1. The Morgan fingerprint density at radius 3 is 3.00 bits per heavy atom. The van der Waals surface area contributed by atoms with E-state index in [1.165, 1.54) is 12.3 Å². The summed E-state index contributed by atoms with van der Waals surface area (Å²) in [6.07, 6.45) is 2.40. The second-order valence-corrected chi connectivity index (χ2v) is 3.09. The molecule has 1 aliphatic rings. The van der Waals surface area contributed by atoms with Crippen molar-refractivity contribution in [2.24, 2.45) is 0 Å². The molecule has 1 saturated heterocycles. The van der Waals surface area contributed by atoms with E-state index in [0.717, 1.165) is 25.2 Å². The molecule has 12 heavy (non-hydrogen) atoms. The molecule has 0 unspecified atom stereocenters. The van der Waals surface area contributed by atoms with Gasteiger partial charge in [0.15, 0.2) is 0 Å². The third kappa shape index (κ3) is 1.46. The van der Waals surface area contributed by atoms with Crippen molar-refractivity contribution in [3.63, 3.8) is 0 Å². The van der Waals surface area contributed by atoms with Crippen molar-refractivity contribution in [3.8, 4) is 0 Å². The molecule has 0 saturated carbocycles. The number of nitrogens with zero attached hydrogens (tertiary/aromatic N) is 1. The molecule has 3 heteroatoms. The van der Waals surface area contributed by atoms with Crippen molar-refractivity contribution < 1.29 is 4.39 Å². The minimum Gasteiger partial charge on any atom is -0.316 e. The highest BCUT2D eigenvalue weighted by Crippen LogP contribution is 2.19. The molecule has 0 bridgehead atoms. The van der Waals surface area contributed by atoms with Gasteiger partial charge in [-0.05, 0) is 25.1 Å². The fourth-order valence-electron chi connectivity index (χ4n) is 1.54. The molecule has 1 aliphatic heterocycles. The molecule has 1 N–H and O–H groups in total. The molecule has 0 aliphatic carbocycles. The molecule has 2 rings (SSSR count). The lowest BCUT2D eigenvalue weighted by atomic mass is 10.0.